The lowest BCUT2D eigenvalue weighted by Gasteiger charge is -2.10. The first-order chi connectivity index (χ1) is 19.7. The fourth-order valence-corrected chi connectivity index (χ4v) is 5.09. The number of hydrogen-bond acceptors (Lipinski definition) is 7. The topological polar surface area (TPSA) is 116 Å². The zero-order valence-electron chi connectivity index (χ0n) is 20.7. The van der Waals surface area contributed by atoms with E-state index in [2.05, 4.69) is 25.9 Å². The van der Waals surface area contributed by atoms with Crippen LogP contribution in [0, 0.1) is 29.4 Å². The van der Waals surface area contributed by atoms with E-state index in [1.165, 1.54) is 0 Å². The second-order valence-corrected chi connectivity index (χ2v) is 9.15. The first-order valence-corrected chi connectivity index (χ1v) is 12.2. The molecule has 0 saturated heterocycles. The molecule has 0 spiro atoms. The van der Waals surface area contributed by atoms with Crippen LogP contribution in [0.2, 0.25) is 0 Å². The zero-order valence-corrected chi connectivity index (χ0v) is 20.7. The minimum atomic E-state index is 0.339. The van der Waals surface area contributed by atoms with Crippen LogP contribution in [0.5, 0.6) is 0 Å². The highest BCUT2D eigenvalue weighted by Crippen LogP contribution is 2.45. The molecular weight excluding hydrogens is 496 g/mol. The summed E-state index contributed by atoms with van der Waals surface area (Å²) in [6.45, 7) is 7.87. The summed E-state index contributed by atoms with van der Waals surface area (Å²) < 4.78 is 0. The number of nitriles is 2. The van der Waals surface area contributed by atoms with Crippen molar-refractivity contribution in [3.05, 3.63) is 113 Å². The summed E-state index contributed by atoms with van der Waals surface area (Å²) in [7, 11) is 0. The molecule has 0 radical (unpaired) electrons. The molecule has 1 aliphatic rings. The maximum absolute atomic E-state index is 10.1. The van der Waals surface area contributed by atoms with Gasteiger partial charge in [-0.3, -0.25) is 0 Å². The number of fused-ring (bicyclic) bond motifs is 5. The Morgan fingerprint density at radius 3 is 1.85 bits per heavy atom. The summed E-state index contributed by atoms with van der Waals surface area (Å²) in [5.74, 6) is 0.840. The number of nitrogens with zero attached hydrogens (tertiary/aromatic N) is 8. The van der Waals surface area contributed by atoms with Gasteiger partial charge in [0, 0.05) is 39.9 Å². The molecule has 0 unspecified atom stereocenters. The van der Waals surface area contributed by atoms with Crippen molar-refractivity contribution in [1.82, 2.24) is 19.9 Å². The highest BCUT2D eigenvalue weighted by atomic mass is 14.9. The van der Waals surface area contributed by atoms with Gasteiger partial charge in [0.2, 0.25) is 6.19 Å². The molecule has 0 fully saturated rings. The van der Waals surface area contributed by atoms with Crippen molar-refractivity contribution in [1.29, 1.82) is 10.5 Å². The Labute approximate surface area is 228 Å². The summed E-state index contributed by atoms with van der Waals surface area (Å²) in [5.41, 5.74) is 6.55. The van der Waals surface area contributed by atoms with Crippen molar-refractivity contribution in [3.63, 3.8) is 0 Å². The van der Waals surface area contributed by atoms with Crippen LogP contribution in [-0.2, 0) is 0 Å². The van der Waals surface area contributed by atoms with Crippen LogP contribution in [0.1, 0.15) is 16.7 Å². The predicted octanol–water partition coefficient (Wildman–Crippen LogP) is 6.63. The molecule has 0 N–H and O–H groups in total. The van der Waals surface area contributed by atoms with Crippen LogP contribution in [0.4, 0.5) is 5.69 Å². The normalized spacial score (nSPS) is 12.5. The Hall–Kier alpha value is -6.30. The van der Waals surface area contributed by atoms with Crippen LogP contribution in [0.15, 0.2) is 90.2 Å². The molecule has 0 aliphatic heterocycles. The van der Waals surface area contributed by atoms with Gasteiger partial charge in [-0.2, -0.15) is 15.5 Å². The summed E-state index contributed by atoms with van der Waals surface area (Å²) >= 11 is 0. The average Bonchev–Trinajstić information content (AvgIpc) is 3.30. The van der Waals surface area contributed by atoms with Crippen molar-refractivity contribution in [2.45, 2.75) is 0 Å². The van der Waals surface area contributed by atoms with Gasteiger partial charge < -0.3 is 0 Å². The Morgan fingerprint density at radius 1 is 0.675 bits per heavy atom. The van der Waals surface area contributed by atoms with E-state index in [4.69, 9.17) is 16.5 Å². The van der Waals surface area contributed by atoms with E-state index in [0.29, 0.717) is 50.9 Å². The molecule has 0 bridgehead atoms. The molecule has 2 heterocycles. The van der Waals surface area contributed by atoms with Gasteiger partial charge in [0.25, 0.3) is 0 Å². The smallest absolute Gasteiger partial charge is 0.206 e. The largest absolute Gasteiger partial charge is 0.237 e. The van der Waals surface area contributed by atoms with E-state index in [-0.39, 0.29) is 0 Å². The number of aromatic nitrogens is 4. The van der Waals surface area contributed by atoms with E-state index < -0.39 is 0 Å². The van der Waals surface area contributed by atoms with Gasteiger partial charge in [-0.15, -0.1) is 0 Å². The molecule has 40 heavy (non-hydrogen) atoms. The van der Waals surface area contributed by atoms with E-state index in [0.717, 1.165) is 32.9 Å². The Morgan fingerprint density at radius 2 is 1.25 bits per heavy atom. The van der Waals surface area contributed by atoms with E-state index in [9.17, 15) is 10.5 Å². The summed E-state index contributed by atoms with van der Waals surface area (Å²) in [6.07, 6.45) is 5.35. The fourth-order valence-electron chi connectivity index (χ4n) is 5.09. The van der Waals surface area contributed by atoms with Crippen LogP contribution < -0.4 is 0 Å². The van der Waals surface area contributed by atoms with Crippen molar-refractivity contribution >= 4 is 33.2 Å². The van der Waals surface area contributed by atoms with Crippen LogP contribution in [0.25, 0.3) is 60.6 Å². The highest BCUT2D eigenvalue weighted by Gasteiger charge is 2.30. The lowest BCUT2D eigenvalue weighted by atomic mass is 9.96. The van der Waals surface area contributed by atoms with Crippen molar-refractivity contribution in [3.8, 4) is 46.2 Å². The highest BCUT2D eigenvalue weighted by molar-refractivity contribution is 6.26. The minimum absolute atomic E-state index is 0.339. The molecule has 0 amide bonds. The maximum atomic E-state index is 10.1. The third-order valence-corrected chi connectivity index (χ3v) is 6.96. The molecule has 182 valence electrons. The van der Waals surface area contributed by atoms with Crippen molar-refractivity contribution in [2.75, 3.05) is 0 Å². The first kappa shape index (κ1) is 22.9. The van der Waals surface area contributed by atoms with Crippen LogP contribution >= 0.6 is 0 Å². The fraction of sp³-hybridized carbons (Fsp3) is 0. The molecule has 0 atom stereocenters. The molecule has 8 nitrogen and oxygen atoms in total. The lowest BCUT2D eigenvalue weighted by molar-refractivity contribution is 1.22. The van der Waals surface area contributed by atoms with E-state index in [1.807, 2.05) is 66.9 Å². The molecule has 7 rings (SSSR count). The summed E-state index contributed by atoms with van der Waals surface area (Å²) in [4.78, 5) is 26.3. The molecule has 4 aromatic carbocycles. The Kier molecular flexibility index (Phi) is 5.10. The van der Waals surface area contributed by atoms with Crippen LogP contribution in [0.3, 0.4) is 0 Å². The van der Waals surface area contributed by atoms with Gasteiger partial charge in [-0.1, -0.05) is 42.5 Å². The monoisotopic (exact) mass is 510 g/mol. The molecular formula is C32H14N8. The van der Waals surface area contributed by atoms with Gasteiger partial charge in [-0.25, -0.2) is 24.8 Å². The molecule has 8 heteroatoms. The molecule has 0 saturated carbocycles. The molecule has 2 aromatic heterocycles. The summed E-state index contributed by atoms with van der Waals surface area (Å²) in [6, 6.07) is 24.7. The molecule has 6 aromatic rings. The van der Waals surface area contributed by atoms with Crippen molar-refractivity contribution in [2.24, 2.45) is 4.99 Å². The number of benzene rings is 4. The maximum Gasteiger partial charge on any atom is 0.206 e. The lowest BCUT2D eigenvalue weighted by Crippen LogP contribution is -2.00. The van der Waals surface area contributed by atoms with E-state index in [1.54, 1.807) is 24.5 Å². The zero-order chi connectivity index (χ0) is 27.2. The first-order valence-electron chi connectivity index (χ1n) is 12.2. The number of aliphatic imine (C=N–C) groups is 1. The van der Waals surface area contributed by atoms with Gasteiger partial charge in [0.15, 0.2) is 11.5 Å². The quantitative estimate of drug-likeness (QED) is 0.190. The number of hydrogen-bond donors (Lipinski definition) is 0. The van der Waals surface area contributed by atoms with Gasteiger partial charge in [0.05, 0.1) is 34.9 Å². The molecule has 1 aliphatic carbocycles. The third kappa shape index (κ3) is 3.48. The second kappa shape index (κ2) is 8.92. The Bertz CT molecular complexity index is 2060. The second-order valence-electron chi connectivity index (χ2n) is 9.15. The van der Waals surface area contributed by atoms with Crippen molar-refractivity contribution < 1.29 is 0 Å². The standard InChI is InChI=1S/C32H14N8/c1-35-29-13-25-23(12-26(29)32-37-16-19-7-3-5-9-28(19)40-32)22-11-21(20(14-33)10-24(22)30(25)38-17-34)31-36-15-18-6-2-4-8-27(18)39-31/h2-13,15-16H. The minimum Gasteiger partial charge on any atom is -0.237 e. The van der Waals surface area contributed by atoms with Gasteiger partial charge >= 0.3 is 0 Å². The van der Waals surface area contributed by atoms with Gasteiger partial charge in [-0.05, 0) is 47.0 Å². The SMILES string of the molecule is [C-]#[N+]c1cc2c(cc1-c1ncc3ccccc3n1)-c1cc(-c3ncc4ccccc4n3)c(C#N)cc1C2=NC#N. The number of para-hydroxylation sites is 2. The third-order valence-electron chi connectivity index (χ3n) is 6.96. The van der Waals surface area contributed by atoms with Gasteiger partial charge in [0.1, 0.15) is 5.82 Å². The average molecular weight is 511 g/mol. The predicted molar refractivity (Wildman–Crippen MR) is 151 cm³/mol. The Balaban J connectivity index is 1.48. The number of rotatable bonds is 2. The summed E-state index contributed by atoms with van der Waals surface area (Å²) in [5, 5.41) is 21.3. The van der Waals surface area contributed by atoms with E-state index >= 15 is 0 Å². The van der Waals surface area contributed by atoms with Crippen LogP contribution in [-0.4, -0.2) is 25.6 Å².